The van der Waals surface area contributed by atoms with E-state index in [1.54, 1.807) is 10.9 Å². The van der Waals surface area contributed by atoms with Gasteiger partial charge in [-0.05, 0) is 29.3 Å². The van der Waals surface area contributed by atoms with E-state index < -0.39 is 6.10 Å². The molecule has 0 saturated carbocycles. The van der Waals surface area contributed by atoms with E-state index >= 15 is 0 Å². The molecule has 1 amide bonds. The second kappa shape index (κ2) is 6.20. The van der Waals surface area contributed by atoms with Gasteiger partial charge in [-0.1, -0.05) is 36.4 Å². The van der Waals surface area contributed by atoms with E-state index in [-0.39, 0.29) is 5.91 Å². The van der Waals surface area contributed by atoms with E-state index in [0.29, 0.717) is 13.0 Å². The summed E-state index contributed by atoms with van der Waals surface area (Å²) < 4.78 is 7.53. The van der Waals surface area contributed by atoms with Crippen LogP contribution in [0.1, 0.15) is 11.1 Å². The molecule has 0 spiro atoms. The van der Waals surface area contributed by atoms with Crippen LogP contribution in [0.5, 0.6) is 5.75 Å². The van der Waals surface area contributed by atoms with Gasteiger partial charge in [0.1, 0.15) is 5.75 Å². The molecule has 1 N–H and O–H groups in total. The summed E-state index contributed by atoms with van der Waals surface area (Å²) >= 11 is 0. The number of ether oxygens (including phenoxy) is 1. The zero-order chi connectivity index (χ0) is 16.4. The van der Waals surface area contributed by atoms with Crippen LogP contribution in [-0.2, 0) is 17.8 Å². The maximum atomic E-state index is 12.4. The van der Waals surface area contributed by atoms with Gasteiger partial charge in [-0.3, -0.25) is 4.79 Å². The minimum Gasteiger partial charge on any atom is -0.480 e. The maximum Gasteiger partial charge on any atom is 0.261 e. The molecule has 1 aliphatic heterocycles. The molecule has 2 heterocycles. The van der Waals surface area contributed by atoms with Gasteiger partial charge in [0.05, 0.1) is 5.69 Å². The number of carbonyl (C=O) groups excluding carboxylic acids is 1. The molecule has 0 saturated heterocycles. The standard InChI is InChI=1S/C19H17N3O2/c23-19(18-12-14-6-2-4-9-17(14)24-18)20-13-15-7-1-3-8-16(15)22-11-5-10-21-22/h1-11,18H,12-13H2,(H,20,23)/t18-/m0/s1. The third-order valence-corrected chi connectivity index (χ3v) is 4.14. The lowest BCUT2D eigenvalue weighted by Crippen LogP contribution is -2.37. The molecule has 5 heteroatoms. The van der Waals surface area contributed by atoms with Crippen molar-refractivity contribution in [3.63, 3.8) is 0 Å². The highest BCUT2D eigenvalue weighted by molar-refractivity contribution is 5.82. The van der Waals surface area contributed by atoms with Gasteiger partial charge in [0, 0.05) is 25.4 Å². The van der Waals surface area contributed by atoms with Gasteiger partial charge in [-0.25, -0.2) is 4.68 Å². The van der Waals surface area contributed by atoms with Crippen molar-refractivity contribution in [2.24, 2.45) is 0 Å². The summed E-state index contributed by atoms with van der Waals surface area (Å²) in [6.45, 7) is 0.436. The Kier molecular flexibility index (Phi) is 3.75. The number of aromatic nitrogens is 2. The molecule has 2 aromatic carbocycles. The van der Waals surface area contributed by atoms with Crippen LogP contribution in [0.3, 0.4) is 0 Å². The van der Waals surface area contributed by atoms with E-state index in [2.05, 4.69) is 10.4 Å². The van der Waals surface area contributed by atoms with Crippen LogP contribution in [0.2, 0.25) is 0 Å². The topological polar surface area (TPSA) is 56.2 Å². The molecular formula is C19H17N3O2. The van der Waals surface area contributed by atoms with Crippen molar-refractivity contribution in [1.82, 2.24) is 15.1 Å². The average Bonchev–Trinajstić information content (AvgIpc) is 3.29. The fourth-order valence-corrected chi connectivity index (χ4v) is 2.92. The Bertz CT molecular complexity index is 834. The Labute approximate surface area is 139 Å². The van der Waals surface area contributed by atoms with Crippen molar-refractivity contribution in [3.8, 4) is 11.4 Å². The molecule has 5 nitrogen and oxygen atoms in total. The second-order valence-corrected chi connectivity index (χ2v) is 5.72. The number of nitrogens with zero attached hydrogens (tertiary/aromatic N) is 2. The Morgan fingerprint density at radius 2 is 2.00 bits per heavy atom. The molecule has 120 valence electrons. The van der Waals surface area contributed by atoms with E-state index in [9.17, 15) is 4.79 Å². The molecule has 3 aromatic rings. The van der Waals surface area contributed by atoms with Crippen LogP contribution in [0, 0.1) is 0 Å². The number of rotatable bonds is 4. The van der Waals surface area contributed by atoms with Crippen LogP contribution in [-0.4, -0.2) is 21.8 Å². The molecule has 1 aliphatic rings. The molecule has 1 aromatic heterocycles. The highest BCUT2D eigenvalue weighted by Crippen LogP contribution is 2.28. The van der Waals surface area contributed by atoms with Gasteiger partial charge in [-0.15, -0.1) is 0 Å². The Morgan fingerprint density at radius 1 is 1.17 bits per heavy atom. The number of benzene rings is 2. The van der Waals surface area contributed by atoms with E-state index in [1.807, 2.05) is 60.8 Å². The van der Waals surface area contributed by atoms with Gasteiger partial charge >= 0.3 is 0 Å². The van der Waals surface area contributed by atoms with Crippen LogP contribution in [0.25, 0.3) is 5.69 Å². The zero-order valence-corrected chi connectivity index (χ0v) is 13.1. The van der Waals surface area contributed by atoms with Gasteiger partial charge in [0.2, 0.25) is 0 Å². The Morgan fingerprint density at radius 3 is 2.83 bits per heavy atom. The lowest BCUT2D eigenvalue weighted by Gasteiger charge is -2.13. The zero-order valence-electron chi connectivity index (χ0n) is 13.1. The summed E-state index contributed by atoms with van der Waals surface area (Å²) in [5.74, 6) is 0.705. The van der Waals surface area contributed by atoms with E-state index in [0.717, 1.165) is 22.6 Å². The Hall–Kier alpha value is -3.08. The van der Waals surface area contributed by atoms with Crippen molar-refractivity contribution < 1.29 is 9.53 Å². The predicted molar refractivity (Wildman–Crippen MR) is 90.0 cm³/mol. The largest absolute Gasteiger partial charge is 0.480 e. The van der Waals surface area contributed by atoms with E-state index in [1.165, 1.54) is 0 Å². The lowest BCUT2D eigenvalue weighted by atomic mass is 10.1. The third-order valence-electron chi connectivity index (χ3n) is 4.14. The number of fused-ring (bicyclic) bond motifs is 1. The van der Waals surface area contributed by atoms with Gasteiger partial charge in [0.25, 0.3) is 5.91 Å². The molecular weight excluding hydrogens is 302 g/mol. The normalized spacial score (nSPS) is 15.6. The summed E-state index contributed by atoms with van der Waals surface area (Å²) in [7, 11) is 0. The molecule has 4 rings (SSSR count). The highest BCUT2D eigenvalue weighted by atomic mass is 16.5. The number of hydrogen-bond acceptors (Lipinski definition) is 3. The van der Waals surface area contributed by atoms with E-state index in [4.69, 9.17) is 4.74 Å². The predicted octanol–water partition coefficient (Wildman–Crippen LogP) is 2.49. The summed E-state index contributed by atoms with van der Waals surface area (Å²) in [5, 5.41) is 7.23. The summed E-state index contributed by atoms with van der Waals surface area (Å²) in [6.07, 6.45) is 3.78. The molecule has 0 unspecified atom stereocenters. The van der Waals surface area contributed by atoms with Gasteiger partial charge in [0.15, 0.2) is 6.10 Å². The average molecular weight is 319 g/mol. The van der Waals surface area contributed by atoms with Crippen molar-refractivity contribution in [1.29, 1.82) is 0 Å². The third kappa shape index (κ3) is 2.76. The summed E-state index contributed by atoms with van der Waals surface area (Å²) in [6, 6.07) is 17.5. The second-order valence-electron chi connectivity index (χ2n) is 5.72. The fraction of sp³-hybridized carbons (Fsp3) is 0.158. The molecule has 0 bridgehead atoms. The first-order chi connectivity index (χ1) is 11.8. The van der Waals surface area contributed by atoms with Crippen LogP contribution in [0.4, 0.5) is 0 Å². The molecule has 0 aliphatic carbocycles. The Balaban J connectivity index is 1.44. The molecule has 0 fully saturated rings. The first-order valence-electron chi connectivity index (χ1n) is 7.91. The minimum atomic E-state index is -0.459. The van der Waals surface area contributed by atoms with Crippen LogP contribution >= 0.6 is 0 Å². The number of carbonyl (C=O) groups is 1. The number of para-hydroxylation sites is 2. The quantitative estimate of drug-likeness (QED) is 0.804. The summed E-state index contributed by atoms with van der Waals surface area (Å²) in [4.78, 5) is 12.4. The van der Waals surface area contributed by atoms with Crippen LogP contribution < -0.4 is 10.1 Å². The number of amides is 1. The smallest absolute Gasteiger partial charge is 0.261 e. The number of hydrogen-bond donors (Lipinski definition) is 1. The van der Waals surface area contributed by atoms with Gasteiger partial charge < -0.3 is 10.1 Å². The number of nitrogens with one attached hydrogen (secondary N) is 1. The first-order valence-corrected chi connectivity index (χ1v) is 7.91. The molecule has 24 heavy (non-hydrogen) atoms. The minimum absolute atomic E-state index is 0.0959. The van der Waals surface area contributed by atoms with Crippen molar-refractivity contribution >= 4 is 5.91 Å². The van der Waals surface area contributed by atoms with Gasteiger partial charge in [-0.2, -0.15) is 5.10 Å². The fourth-order valence-electron chi connectivity index (χ4n) is 2.92. The highest BCUT2D eigenvalue weighted by Gasteiger charge is 2.28. The molecule has 1 atom stereocenters. The first kappa shape index (κ1) is 14.5. The summed E-state index contributed by atoms with van der Waals surface area (Å²) in [5.41, 5.74) is 3.04. The lowest BCUT2D eigenvalue weighted by molar-refractivity contribution is -0.127. The SMILES string of the molecule is O=C(NCc1ccccc1-n1cccn1)[C@@H]1Cc2ccccc2O1. The monoisotopic (exact) mass is 319 g/mol. The van der Waals surface area contributed by atoms with Crippen molar-refractivity contribution in [2.75, 3.05) is 0 Å². The molecule has 0 radical (unpaired) electrons. The van der Waals surface area contributed by atoms with Crippen molar-refractivity contribution in [2.45, 2.75) is 19.1 Å². The van der Waals surface area contributed by atoms with Crippen molar-refractivity contribution in [3.05, 3.63) is 78.1 Å². The van der Waals surface area contributed by atoms with Crippen LogP contribution in [0.15, 0.2) is 67.0 Å². The maximum absolute atomic E-state index is 12.4.